The van der Waals surface area contributed by atoms with Gasteiger partial charge in [-0.1, -0.05) is 117 Å². The quantitative estimate of drug-likeness (QED) is 0.145. The van der Waals surface area contributed by atoms with Crippen molar-refractivity contribution >= 4 is 35.3 Å². The average Bonchev–Trinajstić information content (AvgIpc) is 4.09. The van der Waals surface area contributed by atoms with E-state index < -0.39 is 24.3 Å². The number of hydrogen-bond donors (Lipinski definition) is 3. The van der Waals surface area contributed by atoms with Crippen LogP contribution in [0.3, 0.4) is 0 Å². The average molecular weight is 768 g/mol. The topological polar surface area (TPSA) is 158 Å². The van der Waals surface area contributed by atoms with E-state index in [9.17, 15) is 19.2 Å². The lowest BCUT2D eigenvalue weighted by atomic mass is 9.96. The van der Waals surface area contributed by atoms with Gasteiger partial charge in [-0.15, -0.1) is 0 Å². The van der Waals surface area contributed by atoms with Gasteiger partial charge in [-0.2, -0.15) is 0 Å². The summed E-state index contributed by atoms with van der Waals surface area (Å²) in [4.78, 5) is 67.7. The van der Waals surface area contributed by atoms with Crippen LogP contribution in [0.2, 0.25) is 0 Å². The number of allylic oxidation sites excluding steroid dienone is 1. The molecule has 4 atom stereocenters. The van der Waals surface area contributed by atoms with E-state index in [1.165, 1.54) is 14.2 Å². The minimum absolute atomic E-state index is 0.134. The van der Waals surface area contributed by atoms with Gasteiger partial charge in [0.15, 0.2) is 0 Å². The Bertz CT molecular complexity index is 2240. The number of rotatable bonds is 11. The van der Waals surface area contributed by atoms with Crippen molar-refractivity contribution in [2.45, 2.75) is 44.4 Å². The second kappa shape index (κ2) is 16.9. The predicted molar refractivity (Wildman–Crippen MR) is 217 cm³/mol. The minimum Gasteiger partial charge on any atom is -0.453 e. The molecule has 13 heteroatoms. The normalized spacial score (nSPS) is 18.3. The Labute approximate surface area is 331 Å². The van der Waals surface area contributed by atoms with E-state index in [-0.39, 0.29) is 29.8 Å². The molecule has 0 saturated heterocycles. The number of amides is 4. The highest BCUT2D eigenvalue weighted by atomic mass is 16.5. The summed E-state index contributed by atoms with van der Waals surface area (Å²) in [6.07, 6.45) is 10.7. The fourth-order valence-corrected chi connectivity index (χ4v) is 7.34. The number of hydrogen-bond acceptors (Lipinski definition) is 8. The first-order valence-electron chi connectivity index (χ1n) is 18.8. The van der Waals surface area contributed by atoms with Crippen LogP contribution in [0.25, 0.3) is 28.0 Å². The first-order chi connectivity index (χ1) is 27.6. The summed E-state index contributed by atoms with van der Waals surface area (Å²) in [5.74, 6) is 0.0570. The lowest BCUT2D eigenvalue weighted by Crippen LogP contribution is -2.51. The number of nitrogens with zero attached hydrogens (tertiary/aromatic N) is 4. The van der Waals surface area contributed by atoms with Crippen LogP contribution in [0.4, 0.5) is 9.59 Å². The van der Waals surface area contributed by atoms with Gasteiger partial charge < -0.3 is 34.9 Å². The largest absolute Gasteiger partial charge is 0.453 e. The summed E-state index contributed by atoms with van der Waals surface area (Å²) < 4.78 is 9.56. The van der Waals surface area contributed by atoms with Crippen molar-refractivity contribution in [1.29, 1.82) is 0 Å². The monoisotopic (exact) mass is 767 g/mol. The third-order valence-electron chi connectivity index (χ3n) is 10.5. The molecular weight excluding hydrogens is 723 g/mol. The van der Waals surface area contributed by atoms with Gasteiger partial charge in [0.2, 0.25) is 5.91 Å². The number of nitrogens with one attached hydrogen (secondary N) is 3. The Morgan fingerprint density at radius 1 is 0.737 bits per heavy atom. The third-order valence-corrected chi connectivity index (χ3v) is 10.5. The Kier molecular flexibility index (Phi) is 11.4. The Morgan fingerprint density at radius 2 is 1.32 bits per heavy atom. The first-order valence-corrected chi connectivity index (χ1v) is 18.8. The highest BCUT2D eigenvalue weighted by Crippen LogP contribution is 2.33. The zero-order valence-corrected chi connectivity index (χ0v) is 32.2. The molecule has 0 fully saturated rings. The molecule has 3 aromatic carbocycles. The molecule has 0 bridgehead atoms. The number of aromatic nitrogens is 2. The summed E-state index contributed by atoms with van der Waals surface area (Å²) >= 11 is 0. The van der Waals surface area contributed by atoms with Crippen molar-refractivity contribution in [2.24, 2.45) is 10.9 Å². The minimum atomic E-state index is -0.895. The van der Waals surface area contributed by atoms with Gasteiger partial charge in [0.25, 0.3) is 5.91 Å². The van der Waals surface area contributed by atoms with Crippen LogP contribution in [-0.2, 0) is 19.1 Å². The highest BCUT2D eigenvalue weighted by molar-refractivity contribution is 6.05. The number of ether oxygens (including phenoxy) is 2. The first kappa shape index (κ1) is 38.5. The van der Waals surface area contributed by atoms with Crippen molar-refractivity contribution < 1.29 is 28.7 Å². The maximum absolute atomic E-state index is 13.9. The van der Waals surface area contributed by atoms with E-state index >= 15 is 0 Å². The van der Waals surface area contributed by atoms with Crippen molar-refractivity contribution in [1.82, 2.24) is 30.4 Å². The fraction of sp³-hybridized carbons (Fsp3) is 0.273. The van der Waals surface area contributed by atoms with Crippen LogP contribution in [0, 0.1) is 5.92 Å². The maximum Gasteiger partial charge on any atom is 0.407 e. The van der Waals surface area contributed by atoms with Gasteiger partial charge >= 0.3 is 12.2 Å². The number of aromatic amines is 1. The van der Waals surface area contributed by atoms with Gasteiger partial charge in [-0.05, 0) is 39.3 Å². The number of methoxy groups -OCH3 is 2. The standard InChI is InChI=1S/C44H45N7O6/c1-27(2)38(48-43(54)56-3)41(52)51-23-9-13-37(51)40-46-26-35(47-40)31-20-18-29(19-21-31)28-14-16-30(17-15-28)33-24-34(45-25-33)36-12-8-22-50(36)42(53)39(49-44(55)57-4)32-10-6-5-7-11-32/h5-21,25-27,36-39H,22-24H2,1-4H3,(H,46,47)(H,48,54)(H,49,55)/t36?,37-,38-,39+/m0/s1. The van der Waals surface area contributed by atoms with Crippen molar-refractivity contribution in [3.8, 4) is 22.4 Å². The second-order valence-corrected chi connectivity index (χ2v) is 14.4. The molecule has 13 nitrogen and oxygen atoms in total. The van der Waals surface area contributed by atoms with E-state index in [0.717, 1.165) is 39.2 Å². The molecule has 4 aromatic rings. The molecule has 3 aliphatic rings. The van der Waals surface area contributed by atoms with Crippen LogP contribution in [-0.4, -0.2) is 88.9 Å². The van der Waals surface area contributed by atoms with E-state index in [2.05, 4.69) is 57.0 Å². The molecule has 57 heavy (non-hydrogen) atoms. The second-order valence-electron chi connectivity index (χ2n) is 14.4. The van der Waals surface area contributed by atoms with Gasteiger partial charge in [0, 0.05) is 31.4 Å². The van der Waals surface area contributed by atoms with Crippen LogP contribution in [0.1, 0.15) is 49.3 Å². The molecule has 1 aromatic heterocycles. The molecule has 7 rings (SSSR count). The molecule has 4 amide bonds. The molecular formula is C44H45N7O6. The molecule has 1 unspecified atom stereocenters. The van der Waals surface area contributed by atoms with Crippen molar-refractivity contribution in [3.05, 3.63) is 133 Å². The number of carbonyl (C=O) groups excluding carboxylic acids is 4. The van der Waals surface area contributed by atoms with Gasteiger partial charge in [-0.3, -0.25) is 14.6 Å². The number of carbonyl (C=O) groups is 4. The van der Waals surface area contributed by atoms with Crippen molar-refractivity contribution in [2.75, 3.05) is 27.3 Å². The summed E-state index contributed by atoms with van der Waals surface area (Å²) in [7, 11) is 2.55. The maximum atomic E-state index is 13.9. The van der Waals surface area contributed by atoms with E-state index in [0.29, 0.717) is 30.9 Å². The summed E-state index contributed by atoms with van der Waals surface area (Å²) in [6, 6.07) is 23.3. The van der Waals surface area contributed by atoms with Gasteiger partial charge in [-0.25, -0.2) is 14.6 Å². The van der Waals surface area contributed by atoms with Crippen LogP contribution in [0.5, 0.6) is 0 Å². The molecule has 0 radical (unpaired) electrons. The van der Waals surface area contributed by atoms with Gasteiger partial charge in [0.1, 0.15) is 23.9 Å². The van der Waals surface area contributed by atoms with Crippen LogP contribution >= 0.6 is 0 Å². The lowest BCUT2D eigenvalue weighted by molar-refractivity contribution is -0.135. The molecule has 0 spiro atoms. The van der Waals surface area contributed by atoms with Crippen molar-refractivity contribution in [3.63, 3.8) is 0 Å². The Balaban J connectivity index is 0.978. The summed E-state index contributed by atoms with van der Waals surface area (Å²) in [5, 5.41) is 5.37. The summed E-state index contributed by atoms with van der Waals surface area (Å²) in [6.45, 7) is 4.58. The zero-order valence-electron chi connectivity index (χ0n) is 32.2. The Hall–Kier alpha value is -6.76. The molecule has 0 aliphatic carbocycles. The third kappa shape index (κ3) is 8.27. The molecule has 3 N–H and O–H groups in total. The number of aliphatic imine (C=N–C) groups is 1. The van der Waals surface area contributed by atoms with Crippen LogP contribution in [0.15, 0.2) is 121 Å². The highest BCUT2D eigenvalue weighted by Gasteiger charge is 2.37. The van der Waals surface area contributed by atoms with E-state index in [4.69, 9.17) is 14.5 Å². The number of benzene rings is 3. The predicted octanol–water partition coefficient (Wildman–Crippen LogP) is 6.61. The molecule has 292 valence electrons. The number of imidazole rings is 1. The molecule has 4 heterocycles. The number of H-pyrrole nitrogens is 1. The number of alkyl carbamates (subject to hydrolysis) is 2. The smallest absolute Gasteiger partial charge is 0.407 e. The van der Waals surface area contributed by atoms with Gasteiger partial charge in [0.05, 0.1) is 32.2 Å². The zero-order chi connectivity index (χ0) is 40.1. The van der Waals surface area contributed by atoms with Crippen LogP contribution < -0.4 is 10.6 Å². The Morgan fingerprint density at radius 3 is 1.95 bits per heavy atom. The van der Waals surface area contributed by atoms with E-state index in [1.807, 2.05) is 86.8 Å². The van der Waals surface area contributed by atoms with E-state index in [1.54, 1.807) is 16.0 Å². The SMILES string of the molecule is COC(=O)N[C@H](C(=O)N1CC=C[C@H]1c1ncc(-c2ccc(-c3ccc(C4=CN=C(C5C=CCN5C(=O)[C@H](NC(=O)OC)c5ccccc5)C4)cc3)cc2)[nH]1)C(C)C. The molecule has 3 aliphatic heterocycles. The molecule has 0 saturated carbocycles. The fourth-order valence-electron chi connectivity index (χ4n) is 7.34. The summed E-state index contributed by atoms with van der Waals surface area (Å²) in [5.41, 5.74) is 7.51. The lowest BCUT2D eigenvalue weighted by Gasteiger charge is -2.29.